The van der Waals surface area contributed by atoms with Crippen LogP contribution in [-0.2, 0) is 11.3 Å². The molecule has 1 aromatic heterocycles. The molecule has 0 aliphatic carbocycles. The minimum absolute atomic E-state index is 0.107. The van der Waals surface area contributed by atoms with Gasteiger partial charge in [0.1, 0.15) is 0 Å². The van der Waals surface area contributed by atoms with E-state index in [9.17, 15) is 4.79 Å². The molecule has 7 heteroatoms. The fraction of sp³-hybridized carbons (Fsp3) is 0.625. The van der Waals surface area contributed by atoms with Crippen molar-refractivity contribution in [3.8, 4) is 0 Å². The maximum atomic E-state index is 11.3. The predicted octanol–water partition coefficient (Wildman–Crippen LogP) is -0.342. The van der Waals surface area contributed by atoms with Gasteiger partial charge >= 0.3 is 6.03 Å². The van der Waals surface area contributed by atoms with E-state index in [2.05, 4.69) is 25.3 Å². The average Bonchev–Trinajstić information content (AvgIpc) is 2.86. The van der Waals surface area contributed by atoms with Crippen LogP contribution in [0.2, 0.25) is 0 Å². The normalized spacial score (nSPS) is 20.1. The van der Waals surface area contributed by atoms with Gasteiger partial charge < -0.3 is 19.9 Å². The Morgan fingerprint density at radius 3 is 3.27 bits per heavy atom. The third-order valence-electron chi connectivity index (χ3n) is 2.08. The fourth-order valence-electron chi connectivity index (χ4n) is 1.31. The number of nitrogens with zero attached hydrogens (tertiary/aromatic N) is 2. The number of urea groups is 1. The lowest BCUT2D eigenvalue weighted by atomic mass is 10.3. The van der Waals surface area contributed by atoms with Crippen LogP contribution < -0.4 is 10.6 Å². The molecular formula is C8H12N4O3. The zero-order valence-corrected chi connectivity index (χ0v) is 8.10. The van der Waals surface area contributed by atoms with E-state index in [-0.39, 0.29) is 18.6 Å². The quantitative estimate of drug-likeness (QED) is 0.715. The van der Waals surface area contributed by atoms with Gasteiger partial charge in [0.05, 0.1) is 19.2 Å². The van der Waals surface area contributed by atoms with Crippen molar-refractivity contribution < 1.29 is 14.1 Å². The summed E-state index contributed by atoms with van der Waals surface area (Å²) in [4.78, 5) is 15.1. The molecule has 0 aromatic carbocycles. The number of ether oxygens (including phenoxy) is 1. The molecule has 2 heterocycles. The molecule has 1 fully saturated rings. The van der Waals surface area contributed by atoms with Gasteiger partial charge in [0, 0.05) is 6.61 Å². The van der Waals surface area contributed by atoms with Gasteiger partial charge in [0.2, 0.25) is 6.39 Å². The van der Waals surface area contributed by atoms with Crippen LogP contribution in [0, 0.1) is 0 Å². The summed E-state index contributed by atoms with van der Waals surface area (Å²) in [7, 11) is 0. The minimum Gasteiger partial charge on any atom is -0.379 e. The molecule has 82 valence electrons. The molecule has 1 aromatic rings. The van der Waals surface area contributed by atoms with Gasteiger partial charge in [-0.1, -0.05) is 5.16 Å². The maximum Gasteiger partial charge on any atom is 0.315 e. The molecule has 7 nitrogen and oxygen atoms in total. The maximum absolute atomic E-state index is 11.3. The first-order valence-corrected chi connectivity index (χ1v) is 4.72. The summed E-state index contributed by atoms with van der Waals surface area (Å²) in [5, 5.41) is 8.97. The van der Waals surface area contributed by atoms with Crippen molar-refractivity contribution in [2.45, 2.75) is 19.0 Å². The first-order valence-electron chi connectivity index (χ1n) is 4.72. The summed E-state index contributed by atoms with van der Waals surface area (Å²) in [6, 6.07) is -0.134. The van der Waals surface area contributed by atoms with E-state index in [0.29, 0.717) is 19.0 Å². The van der Waals surface area contributed by atoms with Crippen LogP contribution in [0.5, 0.6) is 0 Å². The Labute approximate surface area is 86.2 Å². The number of aromatic nitrogens is 2. The highest BCUT2D eigenvalue weighted by Crippen LogP contribution is 2.02. The lowest BCUT2D eigenvalue weighted by molar-refractivity contribution is 0.188. The Balaban J connectivity index is 1.68. The van der Waals surface area contributed by atoms with E-state index in [4.69, 9.17) is 4.74 Å². The molecule has 0 bridgehead atoms. The zero-order valence-electron chi connectivity index (χ0n) is 8.10. The van der Waals surface area contributed by atoms with Crippen molar-refractivity contribution in [1.29, 1.82) is 0 Å². The van der Waals surface area contributed by atoms with E-state index < -0.39 is 0 Å². The molecule has 2 amide bonds. The molecule has 1 aliphatic rings. The van der Waals surface area contributed by atoms with Crippen molar-refractivity contribution in [3.63, 3.8) is 0 Å². The predicted molar refractivity (Wildman–Crippen MR) is 48.9 cm³/mol. The first kappa shape index (κ1) is 9.91. The Kier molecular flexibility index (Phi) is 3.13. The highest BCUT2D eigenvalue weighted by atomic mass is 16.5. The molecule has 2 N–H and O–H groups in total. The van der Waals surface area contributed by atoms with Crippen LogP contribution in [-0.4, -0.2) is 35.4 Å². The molecule has 0 radical (unpaired) electrons. The van der Waals surface area contributed by atoms with Crippen LogP contribution in [0.15, 0.2) is 10.9 Å². The van der Waals surface area contributed by atoms with Gasteiger partial charge in [-0.25, -0.2) is 4.79 Å². The Hall–Kier alpha value is -1.63. The number of amides is 2. The topological polar surface area (TPSA) is 89.3 Å². The third kappa shape index (κ3) is 2.91. The van der Waals surface area contributed by atoms with Gasteiger partial charge in [-0.15, -0.1) is 0 Å². The highest BCUT2D eigenvalue weighted by molar-refractivity contribution is 5.74. The van der Waals surface area contributed by atoms with E-state index >= 15 is 0 Å². The molecule has 1 aliphatic heterocycles. The molecule has 0 saturated carbocycles. The first-order chi connectivity index (χ1) is 7.34. The van der Waals surface area contributed by atoms with Crippen LogP contribution in [0.4, 0.5) is 4.79 Å². The number of hydrogen-bond donors (Lipinski definition) is 2. The molecule has 1 atom stereocenters. The summed E-state index contributed by atoms with van der Waals surface area (Å²) in [5.41, 5.74) is 0. The summed E-state index contributed by atoms with van der Waals surface area (Å²) in [6.07, 6.45) is 2.08. The van der Waals surface area contributed by atoms with Crippen LogP contribution in [0.3, 0.4) is 0 Å². The highest BCUT2D eigenvalue weighted by Gasteiger charge is 2.17. The fourth-order valence-corrected chi connectivity index (χ4v) is 1.31. The number of carbonyl (C=O) groups excluding carboxylic acids is 1. The third-order valence-corrected chi connectivity index (χ3v) is 2.08. The van der Waals surface area contributed by atoms with Gasteiger partial charge in [-0.3, -0.25) is 0 Å². The Morgan fingerprint density at radius 1 is 1.67 bits per heavy atom. The van der Waals surface area contributed by atoms with E-state index in [1.807, 2.05) is 0 Å². The second-order valence-electron chi connectivity index (χ2n) is 3.23. The van der Waals surface area contributed by atoms with Crippen LogP contribution in [0.25, 0.3) is 0 Å². The van der Waals surface area contributed by atoms with E-state index in [1.54, 1.807) is 0 Å². The monoisotopic (exact) mass is 212 g/mol. The largest absolute Gasteiger partial charge is 0.379 e. The molecule has 1 unspecified atom stereocenters. The second-order valence-corrected chi connectivity index (χ2v) is 3.23. The molecule has 15 heavy (non-hydrogen) atoms. The number of rotatable bonds is 3. The van der Waals surface area contributed by atoms with E-state index in [1.165, 1.54) is 6.39 Å². The number of hydrogen-bond acceptors (Lipinski definition) is 5. The lowest BCUT2D eigenvalue weighted by Crippen LogP contribution is -2.42. The smallest absolute Gasteiger partial charge is 0.315 e. The Bertz CT molecular complexity index is 308. The zero-order chi connectivity index (χ0) is 10.5. The Morgan fingerprint density at radius 2 is 2.60 bits per heavy atom. The molecular weight excluding hydrogens is 200 g/mol. The summed E-state index contributed by atoms with van der Waals surface area (Å²) < 4.78 is 9.65. The van der Waals surface area contributed by atoms with Gasteiger partial charge in [0.25, 0.3) is 0 Å². The van der Waals surface area contributed by atoms with Gasteiger partial charge in [0.15, 0.2) is 5.82 Å². The summed E-state index contributed by atoms with van der Waals surface area (Å²) in [5.74, 6) is 0.452. The summed E-state index contributed by atoms with van der Waals surface area (Å²) >= 11 is 0. The van der Waals surface area contributed by atoms with Crippen LogP contribution in [0.1, 0.15) is 12.2 Å². The second kappa shape index (κ2) is 4.74. The molecule has 2 rings (SSSR count). The van der Waals surface area contributed by atoms with Gasteiger partial charge in [-0.2, -0.15) is 4.98 Å². The standard InChI is InChI=1S/C8H12N4O3/c13-8(11-6-1-2-14-4-6)9-3-7-10-5-15-12-7/h5-6H,1-4H2,(H2,9,11,13). The van der Waals surface area contributed by atoms with Crippen molar-refractivity contribution in [2.75, 3.05) is 13.2 Å². The SMILES string of the molecule is O=C(NCc1ncon1)NC1CCOC1. The lowest BCUT2D eigenvalue weighted by Gasteiger charge is -2.10. The number of carbonyl (C=O) groups is 1. The minimum atomic E-state index is -0.240. The molecule has 1 saturated heterocycles. The average molecular weight is 212 g/mol. The van der Waals surface area contributed by atoms with E-state index in [0.717, 1.165) is 6.42 Å². The van der Waals surface area contributed by atoms with Crippen molar-refractivity contribution in [3.05, 3.63) is 12.2 Å². The number of nitrogens with one attached hydrogen (secondary N) is 2. The van der Waals surface area contributed by atoms with Gasteiger partial charge in [-0.05, 0) is 6.42 Å². The van der Waals surface area contributed by atoms with Crippen LogP contribution >= 0.6 is 0 Å². The van der Waals surface area contributed by atoms with Crippen molar-refractivity contribution >= 4 is 6.03 Å². The van der Waals surface area contributed by atoms with Crippen molar-refractivity contribution in [2.24, 2.45) is 0 Å². The summed E-state index contributed by atoms with van der Waals surface area (Å²) in [6.45, 7) is 1.54. The van der Waals surface area contributed by atoms with Crippen molar-refractivity contribution in [1.82, 2.24) is 20.8 Å². The molecule has 0 spiro atoms.